The molecule has 0 spiro atoms. The first-order chi connectivity index (χ1) is 9.23. The van der Waals surface area contributed by atoms with E-state index in [2.05, 4.69) is 18.4 Å². The minimum absolute atomic E-state index is 0.220. The van der Waals surface area contributed by atoms with Crippen molar-refractivity contribution in [3.8, 4) is 11.5 Å². The monoisotopic (exact) mass is 263 g/mol. The first-order valence-electron chi connectivity index (χ1n) is 7.13. The highest BCUT2D eigenvalue weighted by Crippen LogP contribution is 2.34. The number of ether oxygens (including phenoxy) is 2. The molecular weight excluding hydrogens is 238 g/mol. The summed E-state index contributed by atoms with van der Waals surface area (Å²) in [7, 11) is 5.52. The Balaban J connectivity index is 2.24. The highest BCUT2D eigenvalue weighted by Gasteiger charge is 2.31. The first-order valence-corrected chi connectivity index (χ1v) is 7.13. The van der Waals surface area contributed by atoms with Gasteiger partial charge in [-0.05, 0) is 50.1 Å². The number of benzene rings is 1. The minimum Gasteiger partial charge on any atom is -0.497 e. The Kier molecular flexibility index (Phi) is 4.70. The predicted molar refractivity (Wildman–Crippen MR) is 78.1 cm³/mol. The van der Waals surface area contributed by atoms with Gasteiger partial charge in [0.2, 0.25) is 0 Å². The number of methoxy groups -OCH3 is 2. The molecule has 1 aromatic rings. The van der Waals surface area contributed by atoms with Crippen LogP contribution in [-0.2, 0) is 6.42 Å². The van der Waals surface area contributed by atoms with Crippen molar-refractivity contribution in [3.63, 3.8) is 0 Å². The van der Waals surface area contributed by atoms with Gasteiger partial charge >= 0.3 is 0 Å². The Hall–Kier alpha value is -1.22. The van der Waals surface area contributed by atoms with Crippen molar-refractivity contribution >= 4 is 0 Å². The molecule has 19 heavy (non-hydrogen) atoms. The van der Waals surface area contributed by atoms with Crippen LogP contribution in [0.3, 0.4) is 0 Å². The normalized spacial score (nSPS) is 18.1. The largest absolute Gasteiger partial charge is 0.497 e. The molecular formula is C16H25NO2. The zero-order valence-corrected chi connectivity index (χ0v) is 12.3. The van der Waals surface area contributed by atoms with Gasteiger partial charge in [-0.15, -0.1) is 0 Å². The Morgan fingerprint density at radius 2 is 1.84 bits per heavy atom. The molecule has 0 amide bonds. The lowest BCUT2D eigenvalue weighted by Crippen LogP contribution is -2.46. The fraction of sp³-hybridized carbons (Fsp3) is 0.625. The molecule has 0 saturated heterocycles. The molecule has 1 fully saturated rings. The van der Waals surface area contributed by atoms with Crippen molar-refractivity contribution in [3.05, 3.63) is 23.8 Å². The molecule has 1 aliphatic carbocycles. The smallest absolute Gasteiger partial charge is 0.122 e. The van der Waals surface area contributed by atoms with Crippen LogP contribution in [0.4, 0.5) is 0 Å². The Labute approximate surface area is 116 Å². The number of nitrogens with one attached hydrogen (secondary N) is 1. The van der Waals surface area contributed by atoms with E-state index in [9.17, 15) is 0 Å². The molecule has 1 aromatic carbocycles. The molecule has 3 nitrogen and oxygen atoms in total. The van der Waals surface area contributed by atoms with Crippen LogP contribution in [-0.4, -0.2) is 26.8 Å². The summed E-state index contributed by atoms with van der Waals surface area (Å²) < 4.78 is 10.8. The number of likely N-dealkylation sites (N-methyl/N-ethyl adjacent to an activating group) is 1. The van der Waals surface area contributed by atoms with Crippen LogP contribution in [0.1, 0.15) is 37.7 Å². The quantitative estimate of drug-likeness (QED) is 0.885. The lowest BCUT2D eigenvalue weighted by molar-refractivity contribution is 0.242. The summed E-state index contributed by atoms with van der Waals surface area (Å²) in [5.74, 6) is 1.86. The molecule has 1 N–H and O–H groups in total. The zero-order valence-electron chi connectivity index (χ0n) is 12.3. The average molecular weight is 263 g/mol. The van der Waals surface area contributed by atoms with Gasteiger partial charge in [0, 0.05) is 5.54 Å². The molecule has 0 aromatic heterocycles. The average Bonchev–Trinajstić information content (AvgIpc) is 2.48. The fourth-order valence-electron chi connectivity index (χ4n) is 3.13. The lowest BCUT2D eigenvalue weighted by Gasteiger charge is -2.37. The van der Waals surface area contributed by atoms with Crippen molar-refractivity contribution in [1.82, 2.24) is 5.32 Å². The topological polar surface area (TPSA) is 30.5 Å². The minimum atomic E-state index is 0.220. The van der Waals surface area contributed by atoms with Crippen LogP contribution in [0.25, 0.3) is 0 Å². The standard InChI is InChI=1S/C16H25NO2/c1-17-16(9-5-4-6-10-16)12-13-11-14(18-2)7-8-15(13)19-3/h7-8,11,17H,4-6,9-10,12H2,1-3H3. The second-order valence-electron chi connectivity index (χ2n) is 5.45. The molecule has 0 atom stereocenters. The van der Waals surface area contributed by atoms with E-state index >= 15 is 0 Å². The summed E-state index contributed by atoms with van der Waals surface area (Å²) in [6, 6.07) is 6.06. The highest BCUT2D eigenvalue weighted by atomic mass is 16.5. The van der Waals surface area contributed by atoms with Crippen LogP contribution >= 0.6 is 0 Å². The summed E-state index contributed by atoms with van der Waals surface area (Å²) in [5.41, 5.74) is 1.45. The summed E-state index contributed by atoms with van der Waals surface area (Å²) in [6.07, 6.45) is 7.47. The SMILES string of the molecule is CNC1(Cc2cc(OC)ccc2OC)CCCCC1. The van der Waals surface area contributed by atoms with Gasteiger partial charge in [-0.1, -0.05) is 19.3 Å². The van der Waals surface area contributed by atoms with Gasteiger partial charge in [-0.2, -0.15) is 0 Å². The van der Waals surface area contributed by atoms with Gasteiger partial charge in [0.1, 0.15) is 11.5 Å². The van der Waals surface area contributed by atoms with Crippen molar-refractivity contribution < 1.29 is 9.47 Å². The maximum Gasteiger partial charge on any atom is 0.122 e. The van der Waals surface area contributed by atoms with E-state index in [4.69, 9.17) is 9.47 Å². The van der Waals surface area contributed by atoms with Crippen LogP contribution < -0.4 is 14.8 Å². The summed E-state index contributed by atoms with van der Waals surface area (Å²) in [5, 5.41) is 3.56. The Morgan fingerprint density at radius 1 is 1.11 bits per heavy atom. The van der Waals surface area contributed by atoms with Crippen molar-refractivity contribution in [1.29, 1.82) is 0 Å². The second-order valence-corrected chi connectivity index (χ2v) is 5.45. The van der Waals surface area contributed by atoms with Crippen LogP contribution in [0.5, 0.6) is 11.5 Å². The molecule has 0 bridgehead atoms. The van der Waals surface area contributed by atoms with E-state index in [1.165, 1.54) is 37.7 Å². The number of rotatable bonds is 5. The van der Waals surface area contributed by atoms with E-state index in [0.29, 0.717) is 0 Å². The van der Waals surface area contributed by atoms with Crippen molar-refractivity contribution in [2.24, 2.45) is 0 Å². The maximum absolute atomic E-state index is 5.49. The Morgan fingerprint density at radius 3 is 2.42 bits per heavy atom. The second kappa shape index (κ2) is 6.29. The van der Waals surface area contributed by atoms with Crippen LogP contribution in [0.2, 0.25) is 0 Å². The lowest BCUT2D eigenvalue weighted by atomic mass is 9.77. The van der Waals surface area contributed by atoms with Gasteiger partial charge in [-0.25, -0.2) is 0 Å². The van der Waals surface area contributed by atoms with E-state index in [1.807, 2.05) is 12.1 Å². The van der Waals surface area contributed by atoms with Crippen molar-refractivity contribution in [2.45, 2.75) is 44.1 Å². The maximum atomic E-state index is 5.49. The molecule has 3 heteroatoms. The molecule has 106 valence electrons. The van der Waals surface area contributed by atoms with Gasteiger partial charge in [0.25, 0.3) is 0 Å². The van der Waals surface area contributed by atoms with Gasteiger partial charge < -0.3 is 14.8 Å². The van der Waals surface area contributed by atoms with E-state index in [1.54, 1.807) is 14.2 Å². The molecule has 0 unspecified atom stereocenters. The molecule has 0 heterocycles. The van der Waals surface area contributed by atoms with Gasteiger partial charge in [0.15, 0.2) is 0 Å². The van der Waals surface area contributed by atoms with Gasteiger partial charge in [0.05, 0.1) is 14.2 Å². The van der Waals surface area contributed by atoms with E-state index < -0.39 is 0 Å². The fourth-order valence-corrected chi connectivity index (χ4v) is 3.13. The third-order valence-electron chi connectivity index (χ3n) is 4.36. The van der Waals surface area contributed by atoms with E-state index in [-0.39, 0.29) is 5.54 Å². The van der Waals surface area contributed by atoms with Crippen molar-refractivity contribution in [2.75, 3.05) is 21.3 Å². The third-order valence-corrected chi connectivity index (χ3v) is 4.36. The molecule has 0 radical (unpaired) electrons. The van der Waals surface area contributed by atoms with Gasteiger partial charge in [-0.3, -0.25) is 0 Å². The van der Waals surface area contributed by atoms with Crippen LogP contribution in [0.15, 0.2) is 18.2 Å². The summed E-state index contributed by atoms with van der Waals surface area (Å²) in [6.45, 7) is 0. The highest BCUT2D eigenvalue weighted by molar-refractivity contribution is 5.41. The zero-order chi connectivity index (χ0) is 13.7. The molecule has 1 saturated carbocycles. The number of hydrogen-bond acceptors (Lipinski definition) is 3. The summed E-state index contributed by atoms with van der Waals surface area (Å²) in [4.78, 5) is 0. The molecule has 1 aliphatic rings. The molecule has 0 aliphatic heterocycles. The van der Waals surface area contributed by atoms with Crippen LogP contribution in [0, 0.1) is 0 Å². The summed E-state index contributed by atoms with van der Waals surface area (Å²) >= 11 is 0. The van der Waals surface area contributed by atoms with E-state index in [0.717, 1.165) is 17.9 Å². The first kappa shape index (κ1) is 14.2. The molecule has 2 rings (SSSR count). The third kappa shape index (κ3) is 3.21. The number of hydrogen-bond donors (Lipinski definition) is 1. The predicted octanol–water partition coefficient (Wildman–Crippen LogP) is 3.17. The Bertz CT molecular complexity index is 411.